The van der Waals surface area contributed by atoms with E-state index in [0.29, 0.717) is 5.92 Å². The lowest BCUT2D eigenvalue weighted by Gasteiger charge is -2.29. The largest absolute Gasteiger partial charge is 0.381 e. The van der Waals surface area contributed by atoms with E-state index in [0.717, 1.165) is 44.7 Å². The average Bonchev–Trinajstić information content (AvgIpc) is 3.01. The van der Waals surface area contributed by atoms with Crippen molar-refractivity contribution in [3.05, 3.63) is 0 Å². The molecule has 2 heterocycles. The first kappa shape index (κ1) is 21.0. The standard InChI is InChI=1S/C17H34N4O.HI/c1-4-18-17(21(3)13-16-8-12-22-14-16)19-9-5-15-6-10-20(2)11-7-15;/h15-16H,4-14H2,1-3H3,(H,18,19);1H. The van der Waals surface area contributed by atoms with Gasteiger partial charge in [-0.1, -0.05) is 0 Å². The van der Waals surface area contributed by atoms with Crippen molar-refractivity contribution in [3.63, 3.8) is 0 Å². The summed E-state index contributed by atoms with van der Waals surface area (Å²) in [6, 6.07) is 0. The van der Waals surface area contributed by atoms with Crippen molar-refractivity contribution in [2.75, 3.05) is 60.0 Å². The lowest BCUT2D eigenvalue weighted by molar-refractivity contribution is 0.181. The molecule has 0 aromatic heterocycles. The number of rotatable bonds is 6. The van der Waals surface area contributed by atoms with Crippen LogP contribution >= 0.6 is 24.0 Å². The van der Waals surface area contributed by atoms with Crippen molar-refractivity contribution in [1.82, 2.24) is 15.1 Å². The summed E-state index contributed by atoms with van der Waals surface area (Å²) in [5.41, 5.74) is 0. The van der Waals surface area contributed by atoms with Gasteiger partial charge in [0.05, 0.1) is 6.61 Å². The fraction of sp³-hybridized carbons (Fsp3) is 0.941. The van der Waals surface area contributed by atoms with Gasteiger partial charge in [-0.05, 0) is 58.7 Å². The maximum atomic E-state index is 5.48. The van der Waals surface area contributed by atoms with E-state index >= 15 is 0 Å². The molecule has 2 aliphatic heterocycles. The van der Waals surface area contributed by atoms with Gasteiger partial charge in [-0.15, -0.1) is 24.0 Å². The fourth-order valence-electron chi connectivity index (χ4n) is 3.37. The average molecular weight is 438 g/mol. The third kappa shape index (κ3) is 7.56. The molecule has 5 nitrogen and oxygen atoms in total. The summed E-state index contributed by atoms with van der Waals surface area (Å²) in [7, 11) is 4.37. The summed E-state index contributed by atoms with van der Waals surface area (Å²) in [5.74, 6) is 2.57. The van der Waals surface area contributed by atoms with Crippen LogP contribution in [0.5, 0.6) is 0 Å². The SMILES string of the molecule is CCNC(=NCCC1CCN(C)CC1)N(C)CC1CCOC1.I. The highest BCUT2D eigenvalue weighted by molar-refractivity contribution is 14.0. The van der Waals surface area contributed by atoms with Gasteiger partial charge in [0.1, 0.15) is 0 Å². The predicted octanol–water partition coefficient (Wildman–Crippen LogP) is 2.27. The molecule has 23 heavy (non-hydrogen) atoms. The Kier molecular flexibility index (Phi) is 10.5. The van der Waals surface area contributed by atoms with E-state index in [-0.39, 0.29) is 24.0 Å². The number of piperidine rings is 1. The number of nitrogens with zero attached hydrogens (tertiary/aromatic N) is 3. The molecule has 0 aromatic carbocycles. The second-order valence-electron chi connectivity index (χ2n) is 6.88. The predicted molar refractivity (Wildman–Crippen MR) is 108 cm³/mol. The Bertz CT molecular complexity index is 339. The van der Waals surface area contributed by atoms with Gasteiger partial charge < -0.3 is 19.9 Å². The van der Waals surface area contributed by atoms with Gasteiger partial charge in [0, 0.05) is 39.2 Å². The van der Waals surface area contributed by atoms with E-state index in [1.54, 1.807) is 0 Å². The zero-order chi connectivity index (χ0) is 15.8. The normalized spacial score (nSPS) is 23.6. The van der Waals surface area contributed by atoms with Crippen molar-refractivity contribution in [1.29, 1.82) is 0 Å². The summed E-state index contributed by atoms with van der Waals surface area (Å²) >= 11 is 0. The van der Waals surface area contributed by atoms with Crippen molar-refractivity contribution in [2.24, 2.45) is 16.8 Å². The Morgan fingerprint density at radius 2 is 2.00 bits per heavy atom. The smallest absolute Gasteiger partial charge is 0.193 e. The van der Waals surface area contributed by atoms with Crippen LogP contribution in [-0.4, -0.2) is 75.8 Å². The third-order valence-electron chi connectivity index (χ3n) is 4.89. The highest BCUT2D eigenvalue weighted by atomic mass is 127. The Morgan fingerprint density at radius 3 is 2.61 bits per heavy atom. The maximum Gasteiger partial charge on any atom is 0.193 e. The molecule has 0 aliphatic carbocycles. The van der Waals surface area contributed by atoms with Crippen molar-refractivity contribution in [2.45, 2.75) is 32.6 Å². The van der Waals surface area contributed by atoms with E-state index in [4.69, 9.17) is 9.73 Å². The van der Waals surface area contributed by atoms with Gasteiger partial charge in [0.15, 0.2) is 5.96 Å². The minimum absolute atomic E-state index is 0. The molecule has 2 saturated heterocycles. The van der Waals surface area contributed by atoms with E-state index < -0.39 is 0 Å². The summed E-state index contributed by atoms with van der Waals surface area (Å²) in [5, 5.41) is 3.43. The summed E-state index contributed by atoms with van der Waals surface area (Å²) < 4.78 is 5.48. The lowest BCUT2D eigenvalue weighted by atomic mass is 9.94. The molecule has 1 N–H and O–H groups in total. The van der Waals surface area contributed by atoms with Gasteiger partial charge >= 0.3 is 0 Å². The Hall–Kier alpha value is -0.0800. The number of likely N-dealkylation sites (tertiary alicyclic amines) is 1. The third-order valence-corrected chi connectivity index (χ3v) is 4.89. The van der Waals surface area contributed by atoms with Crippen LogP contribution in [0.4, 0.5) is 0 Å². The maximum absolute atomic E-state index is 5.48. The van der Waals surface area contributed by atoms with Crippen LogP contribution in [0.3, 0.4) is 0 Å². The molecule has 0 amide bonds. The number of hydrogen-bond acceptors (Lipinski definition) is 3. The van der Waals surface area contributed by atoms with E-state index in [1.165, 1.54) is 38.8 Å². The second-order valence-corrected chi connectivity index (χ2v) is 6.88. The summed E-state index contributed by atoms with van der Waals surface area (Å²) in [6.45, 7) is 9.37. The van der Waals surface area contributed by atoms with Crippen LogP contribution in [0.15, 0.2) is 4.99 Å². The Morgan fingerprint density at radius 1 is 1.26 bits per heavy atom. The van der Waals surface area contributed by atoms with Gasteiger partial charge in [-0.3, -0.25) is 4.99 Å². The van der Waals surface area contributed by atoms with E-state index in [9.17, 15) is 0 Å². The number of ether oxygens (including phenoxy) is 1. The molecular weight excluding hydrogens is 403 g/mol. The number of halogens is 1. The molecule has 2 fully saturated rings. The molecule has 0 bridgehead atoms. The first-order valence-electron chi connectivity index (χ1n) is 8.94. The van der Waals surface area contributed by atoms with Crippen LogP contribution < -0.4 is 5.32 Å². The topological polar surface area (TPSA) is 40.1 Å². The molecule has 1 unspecified atom stereocenters. The van der Waals surface area contributed by atoms with Gasteiger partial charge in [0.25, 0.3) is 0 Å². The van der Waals surface area contributed by atoms with Gasteiger partial charge in [-0.25, -0.2) is 0 Å². The van der Waals surface area contributed by atoms with E-state index in [2.05, 4.69) is 36.1 Å². The minimum Gasteiger partial charge on any atom is -0.381 e. The molecular formula is C17H35IN4O. The quantitative estimate of drug-likeness (QED) is 0.393. The van der Waals surface area contributed by atoms with Crippen molar-refractivity contribution in [3.8, 4) is 0 Å². The lowest BCUT2D eigenvalue weighted by Crippen LogP contribution is -2.41. The Balaban J connectivity index is 0.00000264. The molecule has 136 valence electrons. The number of nitrogens with one attached hydrogen (secondary N) is 1. The van der Waals surface area contributed by atoms with Gasteiger partial charge in [-0.2, -0.15) is 0 Å². The molecule has 0 spiro atoms. The molecule has 0 radical (unpaired) electrons. The molecule has 2 rings (SSSR count). The van der Waals surface area contributed by atoms with Crippen LogP contribution in [-0.2, 0) is 4.74 Å². The molecule has 0 aromatic rings. The van der Waals surface area contributed by atoms with Crippen molar-refractivity contribution >= 4 is 29.9 Å². The second kappa shape index (κ2) is 11.5. The first-order valence-corrected chi connectivity index (χ1v) is 8.94. The molecule has 6 heteroatoms. The number of guanidine groups is 1. The van der Waals surface area contributed by atoms with E-state index in [1.807, 2.05) is 0 Å². The van der Waals surface area contributed by atoms with Crippen molar-refractivity contribution < 1.29 is 4.74 Å². The zero-order valence-electron chi connectivity index (χ0n) is 15.1. The highest BCUT2D eigenvalue weighted by Crippen LogP contribution is 2.19. The molecule has 0 saturated carbocycles. The van der Waals surface area contributed by atoms with Crippen LogP contribution in [0.1, 0.15) is 32.6 Å². The summed E-state index contributed by atoms with van der Waals surface area (Å²) in [4.78, 5) is 9.55. The molecule has 2 aliphatic rings. The highest BCUT2D eigenvalue weighted by Gasteiger charge is 2.19. The first-order chi connectivity index (χ1) is 10.7. The zero-order valence-corrected chi connectivity index (χ0v) is 17.4. The monoisotopic (exact) mass is 438 g/mol. The van der Waals surface area contributed by atoms with Gasteiger partial charge in [0.2, 0.25) is 0 Å². The fourth-order valence-corrected chi connectivity index (χ4v) is 3.37. The van der Waals surface area contributed by atoms with Crippen LogP contribution in [0, 0.1) is 11.8 Å². The summed E-state index contributed by atoms with van der Waals surface area (Å²) in [6.07, 6.45) is 5.07. The number of aliphatic imine (C=N–C) groups is 1. The number of hydrogen-bond donors (Lipinski definition) is 1. The minimum atomic E-state index is 0. The van der Waals surface area contributed by atoms with Crippen LogP contribution in [0.2, 0.25) is 0 Å². The van der Waals surface area contributed by atoms with Crippen LogP contribution in [0.25, 0.3) is 0 Å². The molecule has 1 atom stereocenters. The Labute approximate surface area is 159 Å².